The Labute approximate surface area is 210 Å². The van der Waals surface area contributed by atoms with Crippen LogP contribution >= 0.6 is 0 Å². The molecule has 1 saturated heterocycles. The van der Waals surface area contributed by atoms with Gasteiger partial charge in [0.05, 0.1) is 11.6 Å². The molecule has 2 N–H and O–H groups in total. The molecule has 1 aliphatic rings. The Balaban J connectivity index is 1.64. The normalized spacial score (nSPS) is 17.1. The summed E-state index contributed by atoms with van der Waals surface area (Å²) in [4.78, 5) is 29.4. The van der Waals surface area contributed by atoms with Crippen molar-refractivity contribution in [2.24, 2.45) is 0 Å². The minimum atomic E-state index is -0.762. The van der Waals surface area contributed by atoms with Crippen molar-refractivity contribution in [3.05, 3.63) is 101 Å². The monoisotopic (exact) mass is 486 g/mol. The highest BCUT2D eigenvalue weighted by Gasteiger charge is 2.45. The van der Waals surface area contributed by atoms with Gasteiger partial charge >= 0.3 is 0 Å². The highest BCUT2D eigenvalue weighted by molar-refractivity contribution is 6.46. The zero-order valence-corrected chi connectivity index (χ0v) is 20.6. The predicted octanol–water partition coefficient (Wildman–Crippen LogP) is 4.26. The van der Waals surface area contributed by atoms with Gasteiger partial charge < -0.3 is 24.7 Å². The van der Waals surface area contributed by atoms with E-state index in [0.717, 1.165) is 11.1 Å². The van der Waals surface area contributed by atoms with E-state index in [-0.39, 0.29) is 17.1 Å². The molecule has 0 spiro atoms. The lowest BCUT2D eigenvalue weighted by Crippen LogP contribution is -2.35. The molecule has 7 nitrogen and oxygen atoms in total. The van der Waals surface area contributed by atoms with Gasteiger partial charge in [0.15, 0.2) is 0 Å². The highest BCUT2D eigenvalue weighted by atomic mass is 16.5. The molecular weight excluding hydrogens is 456 g/mol. The third-order valence-electron chi connectivity index (χ3n) is 6.32. The molecule has 3 aromatic carbocycles. The predicted molar refractivity (Wildman–Crippen MR) is 138 cm³/mol. The Hall–Kier alpha value is -4.10. The van der Waals surface area contributed by atoms with Crippen molar-refractivity contribution in [1.82, 2.24) is 9.80 Å². The lowest BCUT2D eigenvalue weighted by molar-refractivity contribution is -0.140. The molecule has 186 valence electrons. The van der Waals surface area contributed by atoms with Crippen LogP contribution in [0.15, 0.2) is 78.4 Å². The number of Topliss-reactive ketones (excluding diaryl/α,β-unsaturated/α-hetero) is 1. The number of phenolic OH excluding ortho intramolecular Hbond substituents is 1. The molecule has 1 fully saturated rings. The van der Waals surface area contributed by atoms with Gasteiger partial charge in [-0.05, 0) is 74.1 Å². The van der Waals surface area contributed by atoms with E-state index < -0.39 is 17.7 Å². The summed E-state index contributed by atoms with van der Waals surface area (Å²) in [5.74, 6) is -0.940. The first kappa shape index (κ1) is 25.0. The molecule has 0 aliphatic carbocycles. The van der Waals surface area contributed by atoms with E-state index in [4.69, 9.17) is 4.74 Å². The fourth-order valence-electron chi connectivity index (χ4n) is 4.22. The van der Waals surface area contributed by atoms with Crippen molar-refractivity contribution < 1.29 is 24.5 Å². The van der Waals surface area contributed by atoms with Gasteiger partial charge in [-0.1, -0.05) is 36.4 Å². The van der Waals surface area contributed by atoms with Crippen LogP contribution in [-0.2, 0) is 16.2 Å². The molecule has 4 rings (SSSR count). The van der Waals surface area contributed by atoms with Crippen LogP contribution in [0, 0.1) is 6.92 Å². The average Bonchev–Trinajstić information content (AvgIpc) is 3.12. The quantitative estimate of drug-likeness (QED) is 0.281. The van der Waals surface area contributed by atoms with Crippen molar-refractivity contribution in [1.29, 1.82) is 0 Å². The largest absolute Gasteiger partial charge is 0.508 e. The third-order valence-corrected chi connectivity index (χ3v) is 6.32. The second-order valence-corrected chi connectivity index (χ2v) is 9.13. The van der Waals surface area contributed by atoms with Crippen LogP contribution < -0.4 is 4.74 Å². The topological polar surface area (TPSA) is 90.3 Å². The number of rotatable bonds is 8. The number of carbonyl (C=O) groups is 2. The van der Waals surface area contributed by atoms with E-state index in [0.29, 0.717) is 36.6 Å². The average molecular weight is 487 g/mol. The minimum absolute atomic E-state index is 0.0259. The molecule has 1 aliphatic heterocycles. The van der Waals surface area contributed by atoms with Crippen LogP contribution in [0.3, 0.4) is 0 Å². The number of aliphatic hydroxyl groups is 1. The molecular formula is C29H30N2O5. The number of phenols is 1. The summed E-state index contributed by atoms with van der Waals surface area (Å²) in [5, 5.41) is 20.9. The second kappa shape index (κ2) is 10.7. The van der Waals surface area contributed by atoms with Crippen LogP contribution in [0.2, 0.25) is 0 Å². The molecule has 0 aromatic heterocycles. The van der Waals surface area contributed by atoms with E-state index in [1.807, 2.05) is 50.2 Å². The molecule has 36 heavy (non-hydrogen) atoms. The fourth-order valence-corrected chi connectivity index (χ4v) is 4.22. The highest BCUT2D eigenvalue weighted by Crippen LogP contribution is 2.39. The standard InChI is InChI=1S/C29H30N2O5/c1-19-6-4-5-7-22(19)18-36-24-14-10-21(11-15-24)27(33)25-26(20-8-12-23(32)13-9-20)31(17-16-30(2)3)29(35)28(25)34/h4-15,26,32-33H,16-18H2,1-3H3/b27-25+. The summed E-state index contributed by atoms with van der Waals surface area (Å²) in [6, 6.07) is 20.3. The molecule has 7 heteroatoms. The maximum absolute atomic E-state index is 13.1. The van der Waals surface area contributed by atoms with E-state index in [2.05, 4.69) is 0 Å². The molecule has 0 bridgehead atoms. The van der Waals surface area contributed by atoms with Crippen LogP contribution in [-0.4, -0.2) is 58.9 Å². The van der Waals surface area contributed by atoms with Gasteiger partial charge in [-0.3, -0.25) is 9.59 Å². The first-order valence-electron chi connectivity index (χ1n) is 11.8. The summed E-state index contributed by atoms with van der Waals surface area (Å²) < 4.78 is 5.89. The Morgan fingerprint density at radius 1 is 0.972 bits per heavy atom. The molecule has 3 aromatic rings. The number of likely N-dealkylation sites (tertiary alicyclic amines) is 1. The molecule has 1 atom stereocenters. The van der Waals surface area contributed by atoms with Gasteiger partial charge in [-0.15, -0.1) is 0 Å². The Kier molecular flexibility index (Phi) is 7.41. The number of hydrogen-bond donors (Lipinski definition) is 2. The van der Waals surface area contributed by atoms with Crippen molar-refractivity contribution in [2.45, 2.75) is 19.6 Å². The van der Waals surface area contributed by atoms with Gasteiger partial charge in [-0.25, -0.2) is 0 Å². The van der Waals surface area contributed by atoms with E-state index in [1.54, 1.807) is 36.4 Å². The van der Waals surface area contributed by atoms with Crippen molar-refractivity contribution >= 4 is 17.4 Å². The number of likely N-dealkylation sites (N-methyl/N-ethyl adjacent to an activating group) is 1. The fraction of sp³-hybridized carbons (Fsp3) is 0.241. The number of aromatic hydroxyl groups is 1. The zero-order valence-electron chi connectivity index (χ0n) is 20.6. The SMILES string of the molecule is Cc1ccccc1COc1ccc(/C(O)=C2\C(=O)C(=O)N(CCN(C)C)C2c2ccc(O)cc2)cc1. The number of carbonyl (C=O) groups excluding carboxylic acids is 2. The number of benzene rings is 3. The maximum atomic E-state index is 13.1. The summed E-state index contributed by atoms with van der Waals surface area (Å²) in [6.45, 7) is 3.30. The van der Waals surface area contributed by atoms with E-state index >= 15 is 0 Å². The summed E-state index contributed by atoms with van der Waals surface area (Å²) in [7, 11) is 3.77. The van der Waals surface area contributed by atoms with Crippen molar-refractivity contribution in [2.75, 3.05) is 27.2 Å². The number of amides is 1. The molecule has 0 saturated carbocycles. The number of ketones is 1. The number of ether oxygens (including phenoxy) is 1. The smallest absolute Gasteiger partial charge is 0.295 e. The van der Waals surface area contributed by atoms with Crippen molar-refractivity contribution in [3.8, 4) is 11.5 Å². The number of hydrogen-bond acceptors (Lipinski definition) is 6. The zero-order chi connectivity index (χ0) is 25.8. The molecule has 1 unspecified atom stereocenters. The van der Waals surface area contributed by atoms with E-state index in [1.165, 1.54) is 17.0 Å². The second-order valence-electron chi connectivity index (χ2n) is 9.13. The van der Waals surface area contributed by atoms with Crippen LogP contribution in [0.1, 0.15) is 28.3 Å². The molecule has 1 amide bonds. The van der Waals surface area contributed by atoms with Crippen LogP contribution in [0.25, 0.3) is 5.76 Å². The van der Waals surface area contributed by atoms with Gasteiger partial charge in [0.1, 0.15) is 23.9 Å². The van der Waals surface area contributed by atoms with Crippen LogP contribution in [0.5, 0.6) is 11.5 Å². The minimum Gasteiger partial charge on any atom is -0.508 e. The first-order valence-corrected chi connectivity index (χ1v) is 11.8. The summed E-state index contributed by atoms with van der Waals surface area (Å²) in [6.07, 6.45) is 0. The summed E-state index contributed by atoms with van der Waals surface area (Å²) >= 11 is 0. The maximum Gasteiger partial charge on any atom is 0.295 e. The Bertz CT molecular complexity index is 1280. The van der Waals surface area contributed by atoms with Gasteiger partial charge in [0.2, 0.25) is 0 Å². The number of nitrogens with zero attached hydrogens (tertiary/aromatic N) is 2. The first-order chi connectivity index (χ1) is 17.3. The lowest BCUT2D eigenvalue weighted by Gasteiger charge is -2.26. The Morgan fingerprint density at radius 3 is 2.28 bits per heavy atom. The summed E-state index contributed by atoms with van der Waals surface area (Å²) in [5.41, 5.74) is 3.28. The van der Waals surface area contributed by atoms with Crippen molar-refractivity contribution in [3.63, 3.8) is 0 Å². The molecule has 0 radical (unpaired) electrons. The van der Waals surface area contributed by atoms with E-state index in [9.17, 15) is 19.8 Å². The van der Waals surface area contributed by atoms with Gasteiger partial charge in [0, 0.05) is 18.7 Å². The van der Waals surface area contributed by atoms with Gasteiger partial charge in [-0.2, -0.15) is 0 Å². The van der Waals surface area contributed by atoms with Gasteiger partial charge in [0.25, 0.3) is 11.7 Å². The molecule has 1 heterocycles. The third kappa shape index (κ3) is 5.26. The lowest BCUT2D eigenvalue weighted by atomic mass is 9.95. The number of aliphatic hydroxyl groups excluding tert-OH is 1. The number of aryl methyl sites for hydroxylation is 1. The van der Waals surface area contributed by atoms with Crippen LogP contribution in [0.4, 0.5) is 0 Å². The Morgan fingerprint density at radius 2 is 1.64 bits per heavy atom.